The molecule has 0 saturated carbocycles. The van der Waals surface area contributed by atoms with Gasteiger partial charge in [-0.2, -0.15) is 8.42 Å². The second-order valence-corrected chi connectivity index (χ2v) is 4.21. The number of rotatable bonds is 6. The molecule has 0 aromatic heterocycles. The number of aliphatic hydroxyl groups is 2. The predicted octanol–water partition coefficient (Wildman–Crippen LogP) is -0.745. The van der Waals surface area contributed by atoms with Crippen LogP contribution in [0.1, 0.15) is 12.8 Å². The van der Waals surface area contributed by atoms with Gasteiger partial charge in [-0.3, -0.25) is 4.55 Å². The van der Waals surface area contributed by atoms with E-state index < -0.39 is 10.1 Å². The van der Waals surface area contributed by atoms with E-state index in [9.17, 15) is 8.42 Å². The average Bonchev–Trinajstić information content (AvgIpc) is 1.96. The normalized spacial score (nSPS) is 14.6. The van der Waals surface area contributed by atoms with Gasteiger partial charge < -0.3 is 10.2 Å². The van der Waals surface area contributed by atoms with E-state index in [0.29, 0.717) is 6.42 Å². The van der Waals surface area contributed by atoms with Gasteiger partial charge in [0.05, 0.1) is 5.75 Å². The summed E-state index contributed by atoms with van der Waals surface area (Å²) in [4.78, 5) is 0. The quantitative estimate of drug-likeness (QED) is 0.488. The Balaban J connectivity index is 3.73. The van der Waals surface area contributed by atoms with Crippen LogP contribution in [0, 0.1) is 5.92 Å². The van der Waals surface area contributed by atoms with Gasteiger partial charge in [0.1, 0.15) is 0 Å². The first-order chi connectivity index (χ1) is 5.49. The molecule has 5 nitrogen and oxygen atoms in total. The van der Waals surface area contributed by atoms with Crippen molar-refractivity contribution in [3.05, 3.63) is 0 Å². The minimum absolute atomic E-state index is 0.0866. The first-order valence-electron chi connectivity index (χ1n) is 3.66. The SMILES string of the molecule is O=S(=O)(O)CCC(CO)CCO. The van der Waals surface area contributed by atoms with Crippen molar-refractivity contribution in [1.82, 2.24) is 0 Å². The van der Waals surface area contributed by atoms with Crippen LogP contribution in [0.25, 0.3) is 0 Å². The molecule has 0 aromatic carbocycles. The highest BCUT2D eigenvalue weighted by Gasteiger charge is 2.11. The maximum atomic E-state index is 10.3. The summed E-state index contributed by atoms with van der Waals surface area (Å²) in [6.45, 7) is -0.257. The van der Waals surface area contributed by atoms with E-state index >= 15 is 0 Å². The van der Waals surface area contributed by atoms with Gasteiger partial charge in [-0.05, 0) is 18.8 Å². The van der Waals surface area contributed by atoms with Crippen molar-refractivity contribution in [3.63, 3.8) is 0 Å². The predicted molar refractivity (Wildman–Crippen MR) is 43.3 cm³/mol. The van der Waals surface area contributed by atoms with Crippen LogP contribution in [0.15, 0.2) is 0 Å². The molecule has 1 unspecified atom stereocenters. The fraction of sp³-hybridized carbons (Fsp3) is 1.00. The lowest BCUT2D eigenvalue weighted by Gasteiger charge is -2.10. The van der Waals surface area contributed by atoms with Crippen molar-refractivity contribution in [2.45, 2.75) is 12.8 Å². The molecule has 6 heteroatoms. The maximum absolute atomic E-state index is 10.3. The Morgan fingerprint density at radius 1 is 1.17 bits per heavy atom. The summed E-state index contributed by atoms with van der Waals surface area (Å²) in [5.41, 5.74) is 0. The van der Waals surface area contributed by atoms with Crippen molar-refractivity contribution in [1.29, 1.82) is 0 Å². The maximum Gasteiger partial charge on any atom is 0.264 e. The van der Waals surface area contributed by atoms with Crippen molar-refractivity contribution in [3.8, 4) is 0 Å². The van der Waals surface area contributed by atoms with Gasteiger partial charge >= 0.3 is 0 Å². The van der Waals surface area contributed by atoms with Crippen LogP contribution in [0.2, 0.25) is 0 Å². The van der Waals surface area contributed by atoms with Crippen LogP contribution in [0.3, 0.4) is 0 Å². The third-order valence-electron chi connectivity index (χ3n) is 1.58. The van der Waals surface area contributed by atoms with E-state index in [1.54, 1.807) is 0 Å². The molecule has 0 aliphatic heterocycles. The molecular weight excluding hydrogens is 184 g/mol. The molecule has 74 valence electrons. The van der Waals surface area contributed by atoms with Gasteiger partial charge in [-0.1, -0.05) is 0 Å². The molecular formula is C6H14O5S. The Morgan fingerprint density at radius 3 is 2.08 bits per heavy atom. The van der Waals surface area contributed by atoms with E-state index in [4.69, 9.17) is 14.8 Å². The van der Waals surface area contributed by atoms with E-state index in [2.05, 4.69) is 0 Å². The summed E-state index contributed by atoms with van der Waals surface area (Å²) in [6, 6.07) is 0. The minimum atomic E-state index is -3.94. The van der Waals surface area contributed by atoms with Gasteiger partial charge in [0.15, 0.2) is 0 Å². The van der Waals surface area contributed by atoms with Gasteiger partial charge in [0.25, 0.3) is 10.1 Å². The average molecular weight is 198 g/mol. The van der Waals surface area contributed by atoms with E-state index in [1.165, 1.54) is 0 Å². The zero-order chi connectivity index (χ0) is 9.61. The summed E-state index contributed by atoms with van der Waals surface area (Å²) < 4.78 is 28.9. The van der Waals surface area contributed by atoms with Crippen LogP contribution in [-0.2, 0) is 10.1 Å². The summed E-state index contributed by atoms with van der Waals surface area (Å²) in [5.74, 6) is -0.616. The number of aliphatic hydroxyl groups excluding tert-OH is 2. The Kier molecular flexibility index (Phi) is 5.39. The van der Waals surface area contributed by atoms with E-state index in [0.717, 1.165) is 0 Å². The second kappa shape index (κ2) is 5.47. The summed E-state index contributed by atoms with van der Waals surface area (Å²) in [7, 11) is -3.94. The molecule has 0 aliphatic carbocycles. The minimum Gasteiger partial charge on any atom is -0.396 e. The zero-order valence-electron chi connectivity index (χ0n) is 6.68. The first kappa shape index (κ1) is 11.8. The highest BCUT2D eigenvalue weighted by molar-refractivity contribution is 7.85. The Hall–Kier alpha value is -0.170. The van der Waals surface area contributed by atoms with Crippen molar-refractivity contribution >= 4 is 10.1 Å². The molecule has 0 radical (unpaired) electrons. The van der Waals surface area contributed by atoms with Crippen LogP contribution in [-0.4, -0.2) is 42.2 Å². The lowest BCUT2D eigenvalue weighted by molar-refractivity contribution is 0.180. The monoisotopic (exact) mass is 198 g/mol. The molecule has 12 heavy (non-hydrogen) atoms. The Bertz CT molecular complexity index is 198. The number of hydrogen-bond acceptors (Lipinski definition) is 4. The smallest absolute Gasteiger partial charge is 0.264 e. The second-order valence-electron chi connectivity index (χ2n) is 2.64. The summed E-state index contributed by atoms with van der Waals surface area (Å²) >= 11 is 0. The summed E-state index contributed by atoms with van der Waals surface area (Å²) in [5, 5.41) is 17.1. The van der Waals surface area contributed by atoms with Gasteiger partial charge in [0.2, 0.25) is 0 Å². The molecule has 0 saturated heterocycles. The van der Waals surface area contributed by atoms with Crippen LogP contribution < -0.4 is 0 Å². The zero-order valence-corrected chi connectivity index (χ0v) is 7.50. The topological polar surface area (TPSA) is 94.8 Å². The molecule has 0 amide bonds. The van der Waals surface area contributed by atoms with Gasteiger partial charge in [0, 0.05) is 13.2 Å². The highest BCUT2D eigenvalue weighted by atomic mass is 32.2. The van der Waals surface area contributed by atoms with Crippen molar-refractivity contribution < 1.29 is 23.2 Å². The fourth-order valence-electron chi connectivity index (χ4n) is 0.825. The molecule has 0 fully saturated rings. The van der Waals surface area contributed by atoms with Gasteiger partial charge in [-0.15, -0.1) is 0 Å². The largest absolute Gasteiger partial charge is 0.396 e. The molecule has 0 bridgehead atoms. The summed E-state index contributed by atoms with van der Waals surface area (Å²) in [6.07, 6.45) is 0.530. The highest BCUT2D eigenvalue weighted by Crippen LogP contribution is 2.07. The lowest BCUT2D eigenvalue weighted by atomic mass is 10.0. The standard InChI is InChI=1S/C6H14O5S/c7-3-1-6(5-8)2-4-12(9,10)11/h6-8H,1-5H2,(H,9,10,11). The third-order valence-corrected chi connectivity index (χ3v) is 2.33. The van der Waals surface area contributed by atoms with E-state index in [-0.39, 0.29) is 31.3 Å². The van der Waals surface area contributed by atoms with Gasteiger partial charge in [-0.25, -0.2) is 0 Å². The fourth-order valence-corrected chi connectivity index (χ4v) is 1.46. The molecule has 0 aromatic rings. The Labute approximate surface area is 71.8 Å². The third kappa shape index (κ3) is 6.53. The molecule has 0 heterocycles. The lowest BCUT2D eigenvalue weighted by Crippen LogP contribution is -2.14. The Morgan fingerprint density at radius 2 is 1.75 bits per heavy atom. The van der Waals surface area contributed by atoms with Crippen molar-refractivity contribution in [2.75, 3.05) is 19.0 Å². The van der Waals surface area contributed by atoms with E-state index in [1.807, 2.05) is 0 Å². The van der Waals surface area contributed by atoms with Crippen LogP contribution >= 0.6 is 0 Å². The molecule has 1 atom stereocenters. The molecule has 0 aliphatic rings. The van der Waals surface area contributed by atoms with Crippen LogP contribution in [0.5, 0.6) is 0 Å². The molecule has 0 rings (SSSR count). The van der Waals surface area contributed by atoms with Crippen molar-refractivity contribution in [2.24, 2.45) is 5.92 Å². The first-order valence-corrected chi connectivity index (χ1v) is 5.27. The van der Waals surface area contributed by atoms with Crippen LogP contribution in [0.4, 0.5) is 0 Å². The molecule has 3 N–H and O–H groups in total. The molecule has 0 spiro atoms. The number of hydrogen-bond donors (Lipinski definition) is 3.